The van der Waals surface area contributed by atoms with Gasteiger partial charge in [-0.05, 0) is 60.8 Å². The molecule has 4 aliphatic rings. The minimum absolute atomic E-state index is 0.0241. The van der Waals surface area contributed by atoms with Crippen molar-refractivity contribution in [3.05, 3.63) is 11.6 Å². The van der Waals surface area contributed by atoms with E-state index in [4.69, 9.17) is 9.47 Å². The Morgan fingerprint density at radius 2 is 1.75 bits per heavy atom. The molecular formula is C29H42O7. The molecule has 7 nitrogen and oxygen atoms in total. The van der Waals surface area contributed by atoms with Gasteiger partial charge in [-0.2, -0.15) is 0 Å². The van der Waals surface area contributed by atoms with Crippen LogP contribution in [0.1, 0.15) is 86.5 Å². The Labute approximate surface area is 214 Å². The smallest absolute Gasteiger partial charge is 0.306 e. The van der Waals surface area contributed by atoms with Crippen LogP contribution in [0.2, 0.25) is 0 Å². The van der Waals surface area contributed by atoms with Gasteiger partial charge in [0.05, 0.1) is 6.10 Å². The average Bonchev–Trinajstić information content (AvgIpc) is 3.05. The molecule has 200 valence electrons. The van der Waals surface area contributed by atoms with E-state index in [0.717, 1.165) is 18.4 Å². The van der Waals surface area contributed by atoms with Gasteiger partial charge in [-0.25, -0.2) is 0 Å². The molecule has 0 heterocycles. The fraction of sp³-hybridized carbons (Fsp3) is 0.793. The second kappa shape index (κ2) is 9.38. The van der Waals surface area contributed by atoms with Crippen molar-refractivity contribution in [2.45, 2.75) is 98.2 Å². The van der Waals surface area contributed by atoms with Crippen LogP contribution in [0.4, 0.5) is 0 Å². The van der Waals surface area contributed by atoms with E-state index in [1.54, 1.807) is 13.8 Å². The normalized spacial score (nSPS) is 43.5. The Bertz CT molecular complexity index is 984. The molecule has 36 heavy (non-hydrogen) atoms. The molecule has 0 aromatic rings. The maximum absolute atomic E-state index is 13.9. The van der Waals surface area contributed by atoms with Crippen molar-refractivity contribution in [3.63, 3.8) is 0 Å². The number of rotatable bonds is 6. The number of Topliss-reactive ketones (excluding diaryl/α,β-unsaturated/α-hetero) is 1. The van der Waals surface area contributed by atoms with Crippen LogP contribution >= 0.6 is 0 Å². The van der Waals surface area contributed by atoms with Crippen molar-refractivity contribution in [2.75, 3.05) is 6.61 Å². The molecule has 0 aromatic heterocycles. The quantitative estimate of drug-likeness (QED) is 0.543. The minimum Gasteiger partial charge on any atom is -0.457 e. The molecule has 0 aliphatic heterocycles. The minimum atomic E-state index is -1.46. The number of carbonyl (C=O) groups is 4. The first-order valence-electron chi connectivity index (χ1n) is 13.7. The summed E-state index contributed by atoms with van der Waals surface area (Å²) < 4.78 is 11.4. The lowest BCUT2D eigenvalue weighted by molar-refractivity contribution is -0.209. The fourth-order valence-corrected chi connectivity index (χ4v) is 8.91. The second-order valence-electron chi connectivity index (χ2n) is 12.2. The number of aliphatic hydroxyl groups is 1. The largest absolute Gasteiger partial charge is 0.457 e. The van der Waals surface area contributed by atoms with E-state index in [1.807, 2.05) is 19.9 Å². The molecule has 0 aromatic carbocycles. The van der Waals surface area contributed by atoms with E-state index in [9.17, 15) is 24.3 Å². The van der Waals surface area contributed by atoms with Crippen molar-refractivity contribution in [2.24, 2.45) is 40.4 Å². The number of hydrogen-bond donors (Lipinski definition) is 1. The van der Waals surface area contributed by atoms with Crippen LogP contribution in [0.25, 0.3) is 0 Å². The predicted molar refractivity (Wildman–Crippen MR) is 133 cm³/mol. The highest BCUT2D eigenvalue weighted by atomic mass is 16.6. The fourth-order valence-electron chi connectivity index (χ4n) is 8.91. The van der Waals surface area contributed by atoms with E-state index in [0.29, 0.717) is 19.3 Å². The summed E-state index contributed by atoms with van der Waals surface area (Å²) in [6.07, 6.45) is 4.43. The zero-order valence-corrected chi connectivity index (χ0v) is 22.6. The molecule has 4 rings (SSSR count). The van der Waals surface area contributed by atoms with E-state index < -0.39 is 41.4 Å². The maximum Gasteiger partial charge on any atom is 0.306 e. The van der Waals surface area contributed by atoms with Crippen LogP contribution in [-0.4, -0.2) is 46.9 Å². The van der Waals surface area contributed by atoms with E-state index in [1.165, 1.54) is 0 Å². The lowest BCUT2D eigenvalue weighted by Gasteiger charge is -2.62. The summed E-state index contributed by atoms with van der Waals surface area (Å²) in [4.78, 5) is 50.8. The van der Waals surface area contributed by atoms with Crippen LogP contribution in [-0.2, 0) is 28.7 Å². The van der Waals surface area contributed by atoms with Crippen molar-refractivity contribution in [1.82, 2.24) is 0 Å². The topological polar surface area (TPSA) is 107 Å². The van der Waals surface area contributed by atoms with Gasteiger partial charge in [0.25, 0.3) is 0 Å². The molecule has 0 bridgehead atoms. The number of hydrogen-bond acceptors (Lipinski definition) is 7. The molecular weight excluding hydrogens is 460 g/mol. The summed E-state index contributed by atoms with van der Waals surface area (Å²) in [5, 5.41) is 11.8. The van der Waals surface area contributed by atoms with Crippen molar-refractivity contribution in [3.8, 4) is 0 Å². The molecule has 0 spiro atoms. The summed E-state index contributed by atoms with van der Waals surface area (Å²) in [5.74, 6) is -1.11. The molecule has 4 aliphatic carbocycles. The Morgan fingerprint density at radius 1 is 1.08 bits per heavy atom. The van der Waals surface area contributed by atoms with Crippen LogP contribution in [0.15, 0.2) is 11.6 Å². The van der Waals surface area contributed by atoms with Crippen LogP contribution < -0.4 is 0 Å². The number of allylic oxidation sites excluding steroid dienone is 1. The van der Waals surface area contributed by atoms with Gasteiger partial charge in [0.2, 0.25) is 5.78 Å². The average molecular weight is 503 g/mol. The van der Waals surface area contributed by atoms with Crippen molar-refractivity contribution < 1.29 is 33.8 Å². The summed E-state index contributed by atoms with van der Waals surface area (Å²) in [6.45, 7) is 11.2. The first-order valence-corrected chi connectivity index (χ1v) is 13.7. The van der Waals surface area contributed by atoms with Crippen molar-refractivity contribution in [1.29, 1.82) is 0 Å². The van der Waals surface area contributed by atoms with Gasteiger partial charge in [-0.15, -0.1) is 0 Å². The van der Waals surface area contributed by atoms with Gasteiger partial charge < -0.3 is 14.6 Å². The molecule has 3 fully saturated rings. The van der Waals surface area contributed by atoms with Crippen LogP contribution in [0, 0.1) is 40.4 Å². The second-order valence-corrected chi connectivity index (χ2v) is 12.2. The summed E-state index contributed by atoms with van der Waals surface area (Å²) in [7, 11) is 0. The van der Waals surface area contributed by atoms with E-state index in [2.05, 4.69) is 13.8 Å². The van der Waals surface area contributed by atoms with Crippen LogP contribution in [0.3, 0.4) is 0 Å². The highest BCUT2D eigenvalue weighted by Crippen LogP contribution is 2.70. The lowest BCUT2D eigenvalue weighted by Crippen LogP contribution is -2.65. The monoisotopic (exact) mass is 502 g/mol. The molecule has 0 amide bonds. The van der Waals surface area contributed by atoms with E-state index >= 15 is 0 Å². The Balaban J connectivity index is 1.78. The van der Waals surface area contributed by atoms with Gasteiger partial charge >= 0.3 is 11.9 Å². The molecule has 0 saturated heterocycles. The zero-order chi connectivity index (χ0) is 26.6. The van der Waals surface area contributed by atoms with E-state index in [-0.39, 0.29) is 53.6 Å². The highest BCUT2D eigenvalue weighted by molar-refractivity contribution is 5.94. The molecule has 9 atom stereocenters. The van der Waals surface area contributed by atoms with Gasteiger partial charge in [-0.1, -0.05) is 47.1 Å². The SMILES string of the molecule is CCC(=O)OCC(=O)[C@@]1(OC(=O)CC)[C@@H](C)C[C@H]2[C@@H]3C[C@H](C)C4=CC(=O)CC[C@]4(C)[C@H]3[C@@H](O)C[C@@]21C. The standard InChI is InChI=1S/C29H42O7/c1-7-24(33)35-15-23(32)29(36-25(34)8-2)17(4)12-21-19-11-16(3)20-13-18(30)9-10-27(20,5)26(19)22(31)14-28(21,29)6/h13,16-17,19,21-22,26,31H,7-12,14-15H2,1-6H3/t16-,17-,19-,21-,22-,26+,27-,28-,29-/m0/s1. The van der Waals surface area contributed by atoms with Gasteiger partial charge in [0.15, 0.2) is 18.0 Å². The number of fused-ring (bicyclic) bond motifs is 5. The number of carbonyl (C=O) groups excluding carboxylic acids is 4. The first kappa shape index (κ1) is 27.0. The van der Waals surface area contributed by atoms with Crippen molar-refractivity contribution >= 4 is 23.5 Å². The molecule has 3 saturated carbocycles. The third kappa shape index (κ3) is 3.79. The van der Waals surface area contributed by atoms with Gasteiger partial charge in [0, 0.05) is 30.6 Å². The Morgan fingerprint density at radius 3 is 2.39 bits per heavy atom. The molecule has 7 heteroatoms. The molecule has 1 N–H and O–H groups in total. The van der Waals surface area contributed by atoms with Gasteiger partial charge in [-0.3, -0.25) is 19.2 Å². The number of aliphatic hydroxyl groups excluding tert-OH is 1. The summed E-state index contributed by atoms with van der Waals surface area (Å²) in [5.41, 5.74) is -1.38. The Kier molecular flexibility index (Phi) is 7.04. The number of ether oxygens (including phenoxy) is 2. The molecule has 0 unspecified atom stereocenters. The Hall–Kier alpha value is -2.02. The van der Waals surface area contributed by atoms with Gasteiger partial charge in [0.1, 0.15) is 0 Å². The van der Waals surface area contributed by atoms with Crippen LogP contribution in [0.5, 0.6) is 0 Å². The predicted octanol–water partition coefficient (Wildman–Crippen LogP) is 4.20. The third-order valence-electron chi connectivity index (χ3n) is 10.4. The number of esters is 2. The lowest BCUT2D eigenvalue weighted by atomic mass is 9.44. The number of ketones is 2. The molecule has 0 radical (unpaired) electrons. The summed E-state index contributed by atoms with van der Waals surface area (Å²) in [6, 6.07) is 0. The maximum atomic E-state index is 13.9. The zero-order valence-electron chi connectivity index (χ0n) is 22.6. The summed E-state index contributed by atoms with van der Waals surface area (Å²) >= 11 is 0. The third-order valence-corrected chi connectivity index (χ3v) is 10.4. The highest BCUT2D eigenvalue weighted by Gasteiger charge is 2.73. The first-order chi connectivity index (χ1) is 16.9.